The van der Waals surface area contributed by atoms with Crippen LogP contribution >= 0.6 is 15.9 Å². The Morgan fingerprint density at radius 3 is 2.65 bits per heavy atom. The second-order valence-corrected chi connectivity index (χ2v) is 9.59. The smallest absolute Gasteiger partial charge is 0.414 e. The zero-order chi connectivity index (χ0) is 26.5. The summed E-state index contributed by atoms with van der Waals surface area (Å²) >= 11 is 3.40. The van der Waals surface area contributed by atoms with Crippen molar-refractivity contribution in [3.05, 3.63) is 65.9 Å². The number of nitrogens with zero attached hydrogens (tertiary/aromatic N) is 2. The van der Waals surface area contributed by atoms with Crippen LogP contribution in [0.1, 0.15) is 34.3 Å². The summed E-state index contributed by atoms with van der Waals surface area (Å²) in [4.78, 5) is 30.2. The maximum atomic E-state index is 13.9. The number of carbonyl (C=O) groups is 2. The van der Waals surface area contributed by atoms with E-state index in [0.717, 1.165) is 34.2 Å². The largest absolute Gasteiger partial charge is 0.496 e. The van der Waals surface area contributed by atoms with E-state index in [-0.39, 0.29) is 25.1 Å². The lowest BCUT2D eigenvalue weighted by Gasteiger charge is -2.26. The average molecular weight is 571 g/mol. The Balaban J connectivity index is 1.76. The van der Waals surface area contributed by atoms with Gasteiger partial charge in [0.15, 0.2) is 11.5 Å². The number of aryl methyl sites for hydroxylation is 1. The number of rotatable bonds is 9. The number of hydrogen-bond acceptors (Lipinski definition) is 6. The molecular formula is C28H31BrN2O6. The highest BCUT2D eigenvalue weighted by atomic mass is 79.9. The molecule has 37 heavy (non-hydrogen) atoms. The fourth-order valence-corrected chi connectivity index (χ4v) is 4.78. The van der Waals surface area contributed by atoms with Gasteiger partial charge in [-0.25, -0.2) is 4.79 Å². The summed E-state index contributed by atoms with van der Waals surface area (Å²) in [5.74, 6) is 1.44. The number of amides is 2. The van der Waals surface area contributed by atoms with E-state index in [9.17, 15) is 9.59 Å². The van der Waals surface area contributed by atoms with Gasteiger partial charge in [-0.15, -0.1) is 0 Å². The molecule has 1 atom stereocenters. The van der Waals surface area contributed by atoms with Crippen molar-refractivity contribution in [1.82, 2.24) is 4.90 Å². The third-order valence-electron chi connectivity index (χ3n) is 6.43. The van der Waals surface area contributed by atoms with Gasteiger partial charge in [-0.1, -0.05) is 40.7 Å². The highest BCUT2D eigenvalue weighted by Crippen LogP contribution is 2.42. The second kappa shape index (κ2) is 11.7. The fraction of sp³-hybridized carbons (Fsp3) is 0.357. The van der Waals surface area contributed by atoms with Crippen molar-refractivity contribution in [3.63, 3.8) is 0 Å². The van der Waals surface area contributed by atoms with E-state index in [1.807, 2.05) is 31.3 Å². The highest BCUT2D eigenvalue weighted by molar-refractivity contribution is 9.09. The summed E-state index contributed by atoms with van der Waals surface area (Å²) < 4.78 is 22.4. The van der Waals surface area contributed by atoms with Gasteiger partial charge in [-0.2, -0.15) is 0 Å². The number of methoxy groups -OCH3 is 2. The zero-order valence-electron chi connectivity index (χ0n) is 21.3. The van der Waals surface area contributed by atoms with Crippen molar-refractivity contribution in [2.45, 2.75) is 25.8 Å². The first-order valence-electron chi connectivity index (χ1n) is 12.1. The normalized spacial score (nSPS) is 16.4. The Morgan fingerprint density at radius 2 is 1.95 bits per heavy atom. The van der Waals surface area contributed by atoms with Crippen LogP contribution in [0.15, 0.2) is 49.2 Å². The molecule has 2 aromatic carbocycles. The van der Waals surface area contributed by atoms with Gasteiger partial charge in [0, 0.05) is 17.6 Å². The topological polar surface area (TPSA) is 77.5 Å². The van der Waals surface area contributed by atoms with E-state index in [2.05, 4.69) is 22.5 Å². The Kier molecular flexibility index (Phi) is 8.43. The molecule has 0 N–H and O–H groups in total. The molecule has 2 heterocycles. The predicted octanol–water partition coefficient (Wildman–Crippen LogP) is 5.57. The number of halogens is 1. The molecule has 2 aliphatic heterocycles. The summed E-state index contributed by atoms with van der Waals surface area (Å²) in [5, 5.41) is 0.789. The van der Waals surface area contributed by atoms with E-state index in [1.165, 1.54) is 18.1 Å². The molecular weight excluding hydrogens is 540 g/mol. The number of fused-ring (bicyclic) bond motifs is 2. The van der Waals surface area contributed by atoms with E-state index < -0.39 is 6.09 Å². The fourth-order valence-electron chi connectivity index (χ4n) is 4.55. The average Bonchev–Trinajstić information content (AvgIpc) is 3.29. The number of alkyl halides is 1. The Labute approximate surface area is 225 Å². The van der Waals surface area contributed by atoms with Crippen molar-refractivity contribution >= 4 is 39.2 Å². The molecule has 0 radical (unpaired) electrons. The first kappa shape index (κ1) is 26.6. The van der Waals surface area contributed by atoms with Gasteiger partial charge < -0.3 is 23.8 Å². The van der Waals surface area contributed by atoms with Crippen LogP contribution in [0.2, 0.25) is 0 Å². The van der Waals surface area contributed by atoms with Gasteiger partial charge in [-0.05, 0) is 48.6 Å². The van der Waals surface area contributed by atoms with E-state index in [1.54, 1.807) is 24.1 Å². The predicted molar refractivity (Wildman–Crippen MR) is 146 cm³/mol. The van der Waals surface area contributed by atoms with Gasteiger partial charge in [0.25, 0.3) is 5.91 Å². The van der Waals surface area contributed by atoms with Crippen molar-refractivity contribution in [2.24, 2.45) is 0 Å². The van der Waals surface area contributed by atoms with Crippen LogP contribution in [-0.4, -0.2) is 62.3 Å². The minimum Gasteiger partial charge on any atom is -0.496 e. The monoisotopic (exact) mass is 570 g/mol. The van der Waals surface area contributed by atoms with Crippen molar-refractivity contribution in [3.8, 4) is 17.2 Å². The quantitative estimate of drug-likeness (QED) is 0.223. The molecule has 0 aromatic heterocycles. The lowest BCUT2D eigenvalue weighted by atomic mass is 10.0. The molecule has 0 saturated heterocycles. The molecule has 0 fully saturated rings. The van der Waals surface area contributed by atoms with Crippen LogP contribution < -0.4 is 19.1 Å². The second-order valence-electron chi connectivity index (χ2n) is 8.80. The SMILES string of the molecule is C=CCOC(=O)N1C[C@@H]2CC(c3ccc(C)c(OC)c3)=CN2C(=O)c2cc(OC)c(OCCCBr)cc21. The molecule has 4 rings (SSSR count). The maximum absolute atomic E-state index is 13.9. The Hall–Kier alpha value is -3.46. The minimum absolute atomic E-state index is 0.0599. The molecule has 2 amide bonds. The minimum atomic E-state index is -0.558. The van der Waals surface area contributed by atoms with Gasteiger partial charge in [-0.3, -0.25) is 9.69 Å². The summed E-state index contributed by atoms with van der Waals surface area (Å²) in [7, 11) is 3.17. The molecule has 8 nitrogen and oxygen atoms in total. The highest BCUT2D eigenvalue weighted by Gasteiger charge is 2.40. The van der Waals surface area contributed by atoms with Gasteiger partial charge in [0.2, 0.25) is 0 Å². The van der Waals surface area contributed by atoms with Crippen LogP contribution in [0.25, 0.3) is 5.57 Å². The molecule has 2 aliphatic rings. The third kappa shape index (κ3) is 5.46. The van der Waals surface area contributed by atoms with Crippen molar-refractivity contribution in [2.75, 3.05) is 44.2 Å². The molecule has 0 unspecified atom stereocenters. The summed E-state index contributed by atoms with van der Waals surface area (Å²) in [6.45, 7) is 6.38. The number of carbonyl (C=O) groups excluding carboxylic acids is 2. The van der Waals surface area contributed by atoms with Gasteiger partial charge >= 0.3 is 6.09 Å². The standard InChI is InChI=1S/C28H31BrN2O6/c1-5-10-37-28(33)31-17-21-12-20(19-8-7-18(2)24(13-19)34-3)16-30(21)27(32)22-14-25(35-4)26(15-23(22)31)36-11-6-9-29/h5,7-8,13-16,21H,1,6,9-12,17H2,2-4H3/t21-/m0/s1. The Bertz CT molecular complexity index is 1230. The van der Waals surface area contributed by atoms with Crippen molar-refractivity contribution < 1.29 is 28.5 Å². The van der Waals surface area contributed by atoms with Gasteiger partial charge in [0.05, 0.1) is 44.7 Å². The van der Waals surface area contributed by atoms with Crippen LogP contribution in [0.3, 0.4) is 0 Å². The molecule has 0 spiro atoms. The third-order valence-corrected chi connectivity index (χ3v) is 7.00. The zero-order valence-corrected chi connectivity index (χ0v) is 22.9. The van der Waals surface area contributed by atoms with Crippen LogP contribution in [0, 0.1) is 6.92 Å². The lowest BCUT2D eigenvalue weighted by molar-refractivity contribution is 0.0794. The van der Waals surface area contributed by atoms with E-state index >= 15 is 0 Å². The van der Waals surface area contributed by atoms with Crippen LogP contribution in [-0.2, 0) is 4.74 Å². The summed E-state index contributed by atoms with van der Waals surface area (Å²) in [5.41, 5.74) is 3.75. The molecule has 196 valence electrons. The Morgan fingerprint density at radius 1 is 1.16 bits per heavy atom. The summed E-state index contributed by atoms with van der Waals surface area (Å²) in [6, 6.07) is 9.04. The number of ether oxygens (including phenoxy) is 4. The van der Waals surface area contributed by atoms with Crippen LogP contribution in [0.4, 0.5) is 10.5 Å². The molecule has 0 bridgehead atoms. The molecule has 9 heteroatoms. The van der Waals surface area contributed by atoms with Crippen molar-refractivity contribution in [1.29, 1.82) is 0 Å². The van der Waals surface area contributed by atoms with Crippen LogP contribution in [0.5, 0.6) is 17.2 Å². The van der Waals surface area contributed by atoms with E-state index in [4.69, 9.17) is 18.9 Å². The first-order chi connectivity index (χ1) is 17.9. The van der Waals surface area contributed by atoms with Gasteiger partial charge in [0.1, 0.15) is 12.4 Å². The number of hydrogen-bond donors (Lipinski definition) is 0. The number of benzene rings is 2. The molecule has 0 saturated carbocycles. The molecule has 0 aliphatic carbocycles. The summed E-state index contributed by atoms with van der Waals surface area (Å²) in [6.07, 6.45) is 4.18. The lowest BCUT2D eigenvalue weighted by Crippen LogP contribution is -2.41. The first-order valence-corrected chi connectivity index (χ1v) is 13.2. The maximum Gasteiger partial charge on any atom is 0.414 e. The van der Waals surface area contributed by atoms with E-state index in [0.29, 0.717) is 35.8 Å². The number of anilines is 1. The molecule has 2 aromatic rings.